The first-order valence-corrected chi connectivity index (χ1v) is 8.45. The van der Waals surface area contributed by atoms with Gasteiger partial charge in [-0.15, -0.1) is 0 Å². The van der Waals surface area contributed by atoms with Crippen molar-refractivity contribution >= 4 is 11.9 Å². The first kappa shape index (κ1) is 16.3. The van der Waals surface area contributed by atoms with Crippen molar-refractivity contribution in [1.82, 2.24) is 15.0 Å². The molecule has 7 heteroatoms. The summed E-state index contributed by atoms with van der Waals surface area (Å²) in [5.41, 5.74) is 6.73. The van der Waals surface area contributed by atoms with Crippen LogP contribution in [0.4, 0.5) is 11.9 Å². The fourth-order valence-corrected chi connectivity index (χ4v) is 2.74. The van der Waals surface area contributed by atoms with Gasteiger partial charge >= 0.3 is 0 Å². The highest BCUT2D eigenvalue weighted by Gasteiger charge is 2.16. The number of aromatic nitrogens is 3. The van der Waals surface area contributed by atoms with Crippen LogP contribution < -0.4 is 15.4 Å². The standard InChI is InChI=1S/C19H19N5O2/c20-18-21-17(22-19(23-18)24-9-11-25-12-10-24)14-5-4-8-16(13-14)26-15-6-2-1-3-7-15/h1-8,13H,9-12H2,(H2,20,21,22,23). The maximum absolute atomic E-state index is 5.91. The molecule has 0 bridgehead atoms. The van der Waals surface area contributed by atoms with E-state index in [0.29, 0.717) is 30.7 Å². The molecule has 0 atom stereocenters. The van der Waals surface area contributed by atoms with Crippen LogP contribution in [0.1, 0.15) is 0 Å². The van der Waals surface area contributed by atoms with Crippen molar-refractivity contribution in [2.45, 2.75) is 0 Å². The lowest BCUT2D eigenvalue weighted by Gasteiger charge is -2.26. The molecule has 2 N–H and O–H groups in total. The summed E-state index contributed by atoms with van der Waals surface area (Å²) in [6, 6.07) is 17.2. The van der Waals surface area contributed by atoms with Gasteiger partial charge in [0.15, 0.2) is 5.82 Å². The second kappa shape index (κ2) is 7.37. The van der Waals surface area contributed by atoms with E-state index in [1.165, 1.54) is 0 Å². The quantitative estimate of drug-likeness (QED) is 0.775. The first-order valence-electron chi connectivity index (χ1n) is 8.45. The number of ether oxygens (including phenoxy) is 2. The topological polar surface area (TPSA) is 86.4 Å². The third-order valence-corrected chi connectivity index (χ3v) is 4.01. The van der Waals surface area contributed by atoms with Crippen LogP contribution in [0, 0.1) is 0 Å². The molecule has 0 amide bonds. The number of nitrogen functional groups attached to an aromatic ring is 1. The third-order valence-electron chi connectivity index (χ3n) is 4.01. The van der Waals surface area contributed by atoms with Crippen LogP contribution in [-0.4, -0.2) is 41.3 Å². The van der Waals surface area contributed by atoms with Crippen LogP contribution in [0.3, 0.4) is 0 Å². The summed E-state index contributed by atoms with van der Waals surface area (Å²) >= 11 is 0. The second-order valence-corrected chi connectivity index (χ2v) is 5.86. The molecule has 1 fully saturated rings. The number of nitrogens with two attached hydrogens (primary N) is 1. The van der Waals surface area contributed by atoms with Gasteiger partial charge in [-0.2, -0.15) is 15.0 Å². The molecule has 1 saturated heterocycles. The molecule has 0 spiro atoms. The molecule has 0 unspecified atom stereocenters. The van der Waals surface area contributed by atoms with Gasteiger partial charge in [-0.1, -0.05) is 30.3 Å². The predicted molar refractivity (Wildman–Crippen MR) is 99.2 cm³/mol. The van der Waals surface area contributed by atoms with Gasteiger partial charge in [-0.25, -0.2) is 0 Å². The van der Waals surface area contributed by atoms with Gasteiger partial charge in [-0.05, 0) is 24.3 Å². The number of hydrogen-bond acceptors (Lipinski definition) is 7. The zero-order valence-electron chi connectivity index (χ0n) is 14.2. The van der Waals surface area contributed by atoms with E-state index < -0.39 is 0 Å². The molecule has 3 aromatic rings. The molecule has 2 aromatic carbocycles. The maximum atomic E-state index is 5.91. The Morgan fingerprint density at radius 3 is 2.46 bits per heavy atom. The van der Waals surface area contributed by atoms with Gasteiger partial charge < -0.3 is 20.1 Å². The summed E-state index contributed by atoms with van der Waals surface area (Å²) in [4.78, 5) is 15.2. The van der Waals surface area contributed by atoms with E-state index in [2.05, 4.69) is 19.9 Å². The minimum absolute atomic E-state index is 0.200. The van der Waals surface area contributed by atoms with E-state index in [9.17, 15) is 0 Å². The van der Waals surface area contributed by atoms with E-state index in [0.717, 1.165) is 24.4 Å². The van der Waals surface area contributed by atoms with Crippen LogP contribution in [0.15, 0.2) is 54.6 Å². The monoisotopic (exact) mass is 349 g/mol. The van der Waals surface area contributed by atoms with Gasteiger partial charge in [-0.3, -0.25) is 0 Å². The highest BCUT2D eigenvalue weighted by Crippen LogP contribution is 2.26. The molecule has 26 heavy (non-hydrogen) atoms. The number of hydrogen-bond donors (Lipinski definition) is 1. The fourth-order valence-electron chi connectivity index (χ4n) is 2.74. The summed E-state index contributed by atoms with van der Waals surface area (Å²) in [6.45, 7) is 2.78. The maximum Gasteiger partial charge on any atom is 0.230 e. The van der Waals surface area contributed by atoms with Gasteiger partial charge in [0.2, 0.25) is 11.9 Å². The van der Waals surface area contributed by atoms with Crippen molar-refractivity contribution in [3.8, 4) is 22.9 Å². The van der Waals surface area contributed by atoms with Gasteiger partial charge in [0.1, 0.15) is 11.5 Å². The third kappa shape index (κ3) is 3.73. The molecule has 0 aliphatic carbocycles. The summed E-state index contributed by atoms with van der Waals surface area (Å²) in [5.74, 6) is 2.78. The van der Waals surface area contributed by atoms with Crippen molar-refractivity contribution in [2.24, 2.45) is 0 Å². The molecule has 1 aromatic heterocycles. The van der Waals surface area contributed by atoms with E-state index in [1.807, 2.05) is 54.6 Å². The summed E-state index contributed by atoms with van der Waals surface area (Å²) in [7, 11) is 0. The van der Waals surface area contributed by atoms with Crippen molar-refractivity contribution in [3.05, 3.63) is 54.6 Å². The Balaban J connectivity index is 1.62. The van der Waals surface area contributed by atoms with Crippen molar-refractivity contribution < 1.29 is 9.47 Å². The van der Waals surface area contributed by atoms with Gasteiger partial charge in [0.05, 0.1) is 13.2 Å². The Kier molecular flexibility index (Phi) is 4.61. The van der Waals surface area contributed by atoms with E-state index in [1.54, 1.807) is 0 Å². The number of benzene rings is 2. The highest BCUT2D eigenvalue weighted by molar-refractivity contribution is 5.60. The Labute approximate surface area is 151 Å². The number of para-hydroxylation sites is 1. The lowest BCUT2D eigenvalue weighted by molar-refractivity contribution is 0.122. The molecule has 0 radical (unpaired) electrons. The van der Waals surface area contributed by atoms with Gasteiger partial charge in [0.25, 0.3) is 0 Å². The average Bonchev–Trinajstić information content (AvgIpc) is 2.69. The van der Waals surface area contributed by atoms with Crippen molar-refractivity contribution in [2.75, 3.05) is 36.9 Å². The largest absolute Gasteiger partial charge is 0.457 e. The van der Waals surface area contributed by atoms with E-state index >= 15 is 0 Å². The fraction of sp³-hybridized carbons (Fsp3) is 0.211. The lowest BCUT2D eigenvalue weighted by Crippen LogP contribution is -2.37. The molecule has 0 saturated carbocycles. The minimum Gasteiger partial charge on any atom is -0.457 e. The van der Waals surface area contributed by atoms with Crippen LogP contribution in [0.5, 0.6) is 11.5 Å². The molecule has 1 aliphatic heterocycles. The number of anilines is 2. The van der Waals surface area contributed by atoms with Crippen molar-refractivity contribution in [3.63, 3.8) is 0 Å². The zero-order chi connectivity index (χ0) is 17.8. The number of morpholine rings is 1. The average molecular weight is 349 g/mol. The van der Waals surface area contributed by atoms with Gasteiger partial charge in [0, 0.05) is 18.7 Å². The number of nitrogens with zero attached hydrogens (tertiary/aromatic N) is 4. The Bertz CT molecular complexity index is 882. The van der Waals surface area contributed by atoms with Crippen LogP contribution in [-0.2, 0) is 4.74 Å². The van der Waals surface area contributed by atoms with Crippen molar-refractivity contribution in [1.29, 1.82) is 0 Å². The summed E-state index contributed by atoms with van der Waals surface area (Å²) < 4.78 is 11.3. The first-order chi connectivity index (χ1) is 12.8. The Morgan fingerprint density at radius 1 is 0.885 bits per heavy atom. The smallest absolute Gasteiger partial charge is 0.230 e. The van der Waals surface area contributed by atoms with E-state index in [4.69, 9.17) is 15.2 Å². The predicted octanol–water partition coefficient (Wildman–Crippen LogP) is 2.75. The Morgan fingerprint density at radius 2 is 1.65 bits per heavy atom. The zero-order valence-corrected chi connectivity index (χ0v) is 14.2. The molecular formula is C19H19N5O2. The molecule has 2 heterocycles. The summed E-state index contributed by atoms with van der Waals surface area (Å²) in [6.07, 6.45) is 0. The minimum atomic E-state index is 0.200. The molecule has 4 rings (SSSR count). The molecule has 7 nitrogen and oxygen atoms in total. The SMILES string of the molecule is Nc1nc(-c2cccc(Oc3ccccc3)c2)nc(N2CCOCC2)n1. The van der Waals surface area contributed by atoms with E-state index in [-0.39, 0.29) is 5.95 Å². The Hall–Kier alpha value is -3.19. The second-order valence-electron chi connectivity index (χ2n) is 5.86. The molecule has 132 valence electrons. The molecule has 1 aliphatic rings. The normalized spacial score (nSPS) is 14.2. The summed E-state index contributed by atoms with van der Waals surface area (Å²) in [5, 5.41) is 0. The lowest BCUT2D eigenvalue weighted by atomic mass is 10.2. The molecular weight excluding hydrogens is 330 g/mol. The highest BCUT2D eigenvalue weighted by atomic mass is 16.5. The van der Waals surface area contributed by atoms with Crippen LogP contribution in [0.25, 0.3) is 11.4 Å². The van der Waals surface area contributed by atoms with Crippen LogP contribution in [0.2, 0.25) is 0 Å². The van der Waals surface area contributed by atoms with Crippen LogP contribution >= 0.6 is 0 Å². The number of rotatable bonds is 4.